The summed E-state index contributed by atoms with van der Waals surface area (Å²) in [4.78, 5) is 11.8. The Labute approximate surface area is 124 Å². The Bertz CT molecular complexity index is 559. The van der Waals surface area contributed by atoms with Gasteiger partial charge in [-0.2, -0.15) is 0 Å². The predicted octanol–water partition coefficient (Wildman–Crippen LogP) is 2.74. The van der Waals surface area contributed by atoms with Gasteiger partial charge in [-0.25, -0.2) is 0 Å². The lowest BCUT2D eigenvalue weighted by atomic mass is 10.1. The topological polar surface area (TPSA) is 75.6 Å². The number of amides is 1. The van der Waals surface area contributed by atoms with Crippen LogP contribution in [0.3, 0.4) is 0 Å². The summed E-state index contributed by atoms with van der Waals surface area (Å²) >= 11 is 0. The molecule has 2 N–H and O–H groups in total. The fraction of sp³-hybridized carbons (Fsp3) is 0.438. The molecule has 2 atom stereocenters. The normalized spacial score (nSPS) is 13.9. The number of aryl methyl sites for hydroxylation is 2. The van der Waals surface area contributed by atoms with Gasteiger partial charge in [0.2, 0.25) is 5.91 Å². The number of aliphatic hydroxyl groups is 1. The van der Waals surface area contributed by atoms with Gasteiger partial charge in [-0.3, -0.25) is 4.79 Å². The Balaban J connectivity index is 1.71. The zero-order chi connectivity index (χ0) is 15.2. The van der Waals surface area contributed by atoms with Crippen molar-refractivity contribution in [3.05, 3.63) is 47.8 Å². The summed E-state index contributed by atoms with van der Waals surface area (Å²) in [6.45, 7) is 3.74. The molecule has 5 nitrogen and oxygen atoms in total. The van der Waals surface area contributed by atoms with Crippen LogP contribution in [0.1, 0.15) is 43.2 Å². The fourth-order valence-electron chi connectivity index (χ4n) is 2.19. The number of carbonyl (C=O) groups is 1. The van der Waals surface area contributed by atoms with E-state index in [1.54, 1.807) is 12.1 Å². The van der Waals surface area contributed by atoms with Crippen molar-refractivity contribution in [1.29, 1.82) is 0 Å². The van der Waals surface area contributed by atoms with E-state index in [1.807, 2.05) is 26.0 Å². The highest BCUT2D eigenvalue weighted by molar-refractivity contribution is 5.76. The molecule has 21 heavy (non-hydrogen) atoms. The lowest BCUT2D eigenvalue weighted by Gasteiger charge is -2.16. The second-order valence-corrected chi connectivity index (χ2v) is 5.25. The summed E-state index contributed by atoms with van der Waals surface area (Å²) in [5.74, 6) is 2.12. The monoisotopic (exact) mass is 291 g/mol. The van der Waals surface area contributed by atoms with Crippen molar-refractivity contribution in [2.45, 2.75) is 45.3 Å². The van der Waals surface area contributed by atoms with Gasteiger partial charge in [0.1, 0.15) is 23.4 Å². The second kappa shape index (κ2) is 7.13. The maximum absolute atomic E-state index is 11.8. The van der Waals surface area contributed by atoms with Crippen LogP contribution < -0.4 is 5.32 Å². The van der Waals surface area contributed by atoms with Gasteiger partial charge in [-0.1, -0.05) is 0 Å². The van der Waals surface area contributed by atoms with Crippen LogP contribution in [0.25, 0.3) is 0 Å². The van der Waals surface area contributed by atoms with Crippen LogP contribution in [0.15, 0.2) is 39.4 Å². The molecule has 5 heteroatoms. The van der Waals surface area contributed by atoms with Gasteiger partial charge in [-0.05, 0) is 38.1 Å². The van der Waals surface area contributed by atoms with Gasteiger partial charge in [-0.15, -0.1) is 0 Å². The van der Waals surface area contributed by atoms with Crippen molar-refractivity contribution in [2.24, 2.45) is 0 Å². The molecule has 0 aliphatic carbocycles. The zero-order valence-electron chi connectivity index (χ0n) is 12.3. The molecule has 0 spiro atoms. The smallest absolute Gasteiger partial charge is 0.220 e. The van der Waals surface area contributed by atoms with Crippen molar-refractivity contribution < 1.29 is 18.7 Å². The van der Waals surface area contributed by atoms with Crippen molar-refractivity contribution in [2.75, 3.05) is 0 Å². The van der Waals surface area contributed by atoms with E-state index in [1.165, 1.54) is 6.26 Å². The highest BCUT2D eigenvalue weighted by Gasteiger charge is 2.16. The van der Waals surface area contributed by atoms with Crippen molar-refractivity contribution in [1.82, 2.24) is 5.32 Å². The number of furan rings is 2. The molecule has 2 rings (SSSR count). The molecule has 114 valence electrons. The van der Waals surface area contributed by atoms with E-state index < -0.39 is 6.10 Å². The largest absolute Gasteiger partial charge is 0.467 e. The van der Waals surface area contributed by atoms with Crippen LogP contribution in [0.4, 0.5) is 0 Å². The third-order valence-corrected chi connectivity index (χ3v) is 3.25. The van der Waals surface area contributed by atoms with E-state index in [-0.39, 0.29) is 11.9 Å². The Morgan fingerprint density at radius 1 is 1.38 bits per heavy atom. The zero-order valence-corrected chi connectivity index (χ0v) is 12.3. The van der Waals surface area contributed by atoms with E-state index in [0.717, 1.165) is 11.5 Å². The first-order valence-electron chi connectivity index (χ1n) is 7.10. The standard InChI is InChI=1S/C16H21NO4/c1-11(10-14(18)15-4-3-9-20-15)17-16(19)8-7-13-6-5-12(2)21-13/h3-6,9,11,14,18H,7-8,10H2,1-2H3,(H,17,19). The minimum absolute atomic E-state index is 0.0526. The van der Waals surface area contributed by atoms with E-state index in [9.17, 15) is 9.90 Å². The number of carbonyl (C=O) groups excluding carboxylic acids is 1. The average molecular weight is 291 g/mol. The molecule has 2 heterocycles. The van der Waals surface area contributed by atoms with Crippen molar-refractivity contribution in [3.8, 4) is 0 Å². The lowest BCUT2D eigenvalue weighted by molar-refractivity contribution is -0.121. The van der Waals surface area contributed by atoms with E-state index in [2.05, 4.69) is 5.32 Å². The molecule has 0 saturated heterocycles. The van der Waals surface area contributed by atoms with Crippen LogP contribution in [0, 0.1) is 6.92 Å². The fourth-order valence-corrected chi connectivity index (χ4v) is 2.19. The Morgan fingerprint density at radius 2 is 2.19 bits per heavy atom. The van der Waals surface area contributed by atoms with Crippen molar-refractivity contribution in [3.63, 3.8) is 0 Å². The van der Waals surface area contributed by atoms with Crippen LogP contribution in [0.2, 0.25) is 0 Å². The minimum Gasteiger partial charge on any atom is -0.467 e. The molecule has 2 aromatic heterocycles. The lowest BCUT2D eigenvalue weighted by Crippen LogP contribution is -2.33. The molecular formula is C16H21NO4. The third kappa shape index (κ3) is 4.79. The van der Waals surface area contributed by atoms with Crippen molar-refractivity contribution >= 4 is 5.91 Å². The van der Waals surface area contributed by atoms with Gasteiger partial charge in [0.15, 0.2) is 0 Å². The molecule has 0 fully saturated rings. The number of hydrogen-bond acceptors (Lipinski definition) is 4. The molecule has 0 aliphatic heterocycles. The highest BCUT2D eigenvalue weighted by atomic mass is 16.4. The average Bonchev–Trinajstić information content (AvgIpc) is 3.07. The molecule has 0 radical (unpaired) electrons. The molecule has 2 unspecified atom stereocenters. The summed E-state index contributed by atoms with van der Waals surface area (Å²) < 4.78 is 10.6. The summed E-state index contributed by atoms with van der Waals surface area (Å²) in [6, 6.07) is 7.09. The number of rotatable bonds is 7. The van der Waals surface area contributed by atoms with Crippen LogP contribution in [-0.2, 0) is 11.2 Å². The second-order valence-electron chi connectivity index (χ2n) is 5.25. The quantitative estimate of drug-likeness (QED) is 0.822. The Morgan fingerprint density at radius 3 is 2.81 bits per heavy atom. The van der Waals surface area contributed by atoms with E-state index in [0.29, 0.717) is 25.0 Å². The van der Waals surface area contributed by atoms with Crippen LogP contribution in [0.5, 0.6) is 0 Å². The summed E-state index contributed by atoms with van der Waals surface area (Å²) in [5, 5.41) is 12.8. The van der Waals surface area contributed by atoms with Crippen LogP contribution >= 0.6 is 0 Å². The Kier molecular flexibility index (Phi) is 5.22. The molecule has 2 aromatic rings. The first-order chi connectivity index (χ1) is 10.0. The van der Waals surface area contributed by atoms with E-state index in [4.69, 9.17) is 8.83 Å². The number of nitrogens with one attached hydrogen (secondary N) is 1. The highest BCUT2D eigenvalue weighted by Crippen LogP contribution is 2.18. The van der Waals surface area contributed by atoms with Gasteiger partial charge in [0.25, 0.3) is 0 Å². The molecular weight excluding hydrogens is 270 g/mol. The number of hydrogen-bond donors (Lipinski definition) is 2. The molecule has 1 amide bonds. The van der Waals surface area contributed by atoms with Crippen LogP contribution in [-0.4, -0.2) is 17.1 Å². The maximum atomic E-state index is 11.8. The predicted molar refractivity (Wildman–Crippen MR) is 77.7 cm³/mol. The first kappa shape index (κ1) is 15.4. The minimum atomic E-state index is -0.706. The summed E-state index contributed by atoms with van der Waals surface area (Å²) in [6.07, 6.45) is 2.18. The van der Waals surface area contributed by atoms with Gasteiger partial charge < -0.3 is 19.3 Å². The Hall–Kier alpha value is -2.01. The van der Waals surface area contributed by atoms with Gasteiger partial charge >= 0.3 is 0 Å². The maximum Gasteiger partial charge on any atom is 0.220 e. The molecule has 0 bridgehead atoms. The summed E-state index contributed by atoms with van der Waals surface area (Å²) in [7, 11) is 0. The molecule has 0 aromatic carbocycles. The summed E-state index contributed by atoms with van der Waals surface area (Å²) in [5.41, 5.74) is 0. The molecule has 0 aliphatic rings. The SMILES string of the molecule is Cc1ccc(CCC(=O)NC(C)CC(O)c2ccco2)o1. The number of aliphatic hydroxyl groups excluding tert-OH is 1. The molecule has 0 saturated carbocycles. The van der Waals surface area contributed by atoms with Gasteiger partial charge in [0, 0.05) is 25.3 Å². The third-order valence-electron chi connectivity index (χ3n) is 3.25. The van der Waals surface area contributed by atoms with E-state index >= 15 is 0 Å². The van der Waals surface area contributed by atoms with Gasteiger partial charge in [0.05, 0.1) is 6.26 Å². The first-order valence-corrected chi connectivity index (χ1v) is 7.10.